The van der Waals surface area contributed by atoms with Crippen molar-refractivity contribution in [3.8, 4) is 0 Å². The summed E-state index contributed by atoms with van der Waals surface area (Å²) in [6.45, 7) is 10.8. The highest BCUT2D eigenvalue weighted by Gasteiger charge is 2.26. The normalized spacial score (nSPS) is 31.3. The van der Waals surface area contributed by atoms with Gasteiger partial charge in [-0.15, -0.1) is 0 Å². The quantitative estimate of drug-likeness (QED) is 0.808. The Morgan fingerprint density at radius 2 is 1.94 bits per heavy atom. The molecule has 0 aromatic heterocycles. The SMILES string of the molecule is CC(C)C1CN(CCCC2CCCC2)C(C)CN1. The van der Waals surface area contributed by atoms with Crippen LogP contribution in [0.5, 0.6) is 0 Å². The first kappa shape index (κ1) is 14.3. The molecule has 2 unspecified atom stereocenters. The maximum absolute atomic E-state index is 3.69. The zero-order valence-corrected chi connectivity index (χ0v) is 12.6. The number of hydrogen-bond donors (Lipinski definition) is 1. The fraction of sp³-hybridized carbons (Fsp3) is 1.00. The summed E-state index contributed by atoms with van der Waals surface area (Å²) in [6.07, 6.45) is 8.88. The Hall–Kier alpha value is -0.0800. The fourth-order valence-electron chi connectivity index (χ4n) is 3.59. The summed E-state index contributed by atoms with van der Waals surface area (Å²) in [7, 11) is 0. The highest BCUT2D eigenvalue weighted by atomic mass is 15.2. The largest absolute Gasteiger partial charge is 0.311 e. The molecule has 1 saturated carbocycles. The summed E-state index contributed by atoms with van der Waals surface area (Å²) >= 11 is 0. The molecule has 18 heavy (non-hydrogen) atoms. The second-order valence-corrected chi connectivity index (χ2v) is 6.90. The summed E-state index contributed by atoms with van der Waals surface area (Å²) in [6, 6.07) is 1.43. The number of nitrogens with one attached hydrogen (secondary N) is 1. The van der Waals surface area contributed by atoms with Gasteiger partial charge >= 0.3 is 0 Å². The molecule has 2 atom stereocenters. The van der Waals surface area contributed by atoms with Gasteiger partial charge in [-0.1, -0.05) is 39.5 Å². The average molecular weight is 252 g/mol. The maximum atomic E-state index is 3.69. The van der Waals surface area contributed by atoms with Crippen molar-refractivity contribution in [2.45, 2.75) is 71.4 Å². The van der Waals surface area contributed by atoms with Crippen LogP contribution < -0.4 is 5.32 Å². The van der Waals surface area contributed by atoms with E-state index in [-0.39, 0.29) is 0 Å². The molecule has 2 heteroatoms. The monoisotopic (exact) mass is 252 g/mol. The van der Waals surface area contributed by atoms with E-state index in [0.717, 1.165) is 17.9 Å². The fourth-order valence-corrected chi connectivity index (χ4v) is 3.59. The molecule has 0 aromatic carbocycles. The molecule has 0 bridgehead atoms. The predicted molar refractivity (Wildman–Crippen MR) is 78.9 cm³/mol. The first-order valence-corrected chi connectivity index (χ1v) is 8.14. The average Bonchev–Trinajstić information content (AvgIpc) is 2.84. The van der Waals surface area contributed by atoms with Crippen LogP contribution in [0.4, 0.5) is 0 Å². The molecule has 1 aliphatic heterocycles. The van der Waals surface area contributed by atoms with Gasteiger partial charge in [-0.05, 0) is 38.1 Å². The van der Waals surface area contributed by atoms with Gasteiger partial charge in [0.25, 0.3) is 0 Å². The second-order valence-electron chi connectivity index (χ2n) is 6.90. The predicted octanol–water partition coefficient (Wildman–Crippen LogP) is 3.28. The van der Waals surface area contributed by atoms with Crippen LogP contribution in [0.3, 0.4) is 0 Å². The van der Waals surface area contributed by atoms with Crippen molar-refractivity contribution >= 4 is 0 Å². The molecule has 2 nitrogen and oxygen atoms in total. The first-order valence-electron chi connectivity index (χ1n) is 8.14. The van der Waals surface area contributed by atoms with Crippen molar-refractivity contribution in [1.29, 1.82) is 0 Å². The first-order chi connectivity index (χ1) is 8.66. The Labute approximate surface area is 114 Å². The Balaban J connectivity index is 1.69. The van der Waals surface area contributed by atoms with E-state index in [4.69, 9.17) is 0 Å². The van der Waals surface area contributed by atoms with Crippen molar-refractivity contribution in [1.82, 2.24) is 10.2 Å². The molecule has 2 fully saturated rings. The molecule has 106 valence electrons. The number of hydrogen-bond acceptors (Lipinski definition) is 2. The molecule has 0 amide bonds. The van der Waals surface area contributed by atoms with E-state index in [0.29, 0.717) is 6.04 Å². The minimum Gasteiger partial charge on any atom is -0.311 e. The molecule has 0 radical (unpaired) electrons. The van der Waals surface area contributed by atoms with E-state index in [1.807, 2.05) is 0 Å². The standard InChI is InChI=1S/C16H32N2/c1-13(2)16-12-18(14(3)11-17-16)10-6-9-15-7-4-5-8-15/h13-17H,4-12H2,1-3H3. The summed E-state index contributed by atoms with van der Waals surface area (Å²) in [5.74, 6) is 1.82. The van der Waals surface area contributed by atoms with E-state index in [2.05, 4.69) is 31.0 Å². The Bertz CT molecular complexity index is 233. The van der Waals surface area contributed by atoms with Crippen LogP contribution in [0.1, 0.15) is 59.3 Å². The van der Waals surface area contributed by atoms with Crippen molar-refractivity contribution in [3.05, 3.63) is 0 Å². The third kappa shape index (κ3) is 3.96. The van der Waals surface area contributed by atoms with Gasteiger partial charge < -0.3 is 5.32 Å². The summed E-state index contributed by atoms with van der Waals surface area (Å²) < 4.78 is 0. The van der Waals surface area contributed by atoms with Crippen LogP contribution in [-0.2, 0) is 0 Å². The topological polar surface area (TPSA) is 15.3 Å². The third-order valence-corrected chi connectivity index (χ3v) is 5.07. The van der Waals surface area contributed by atoms with Crippen LogP contribution in [0.15, 0.2) is 0 Å². The molecule has 1 N–H and O–H groups in total. The van der Waals surface area contributed by atoms with Crippen LogP contribution >= 0.6 is 0 Å². The van der Waals surface area contributed by atoms with Gasteiger partial charge in [-0.25, -0.2) is 0 Å². The lowest BCUT2D eigenvalue weighted by atomic mass is 9.98. The van der Waals surface area contributed by atoms with E-state index in [9.17, 15) is 0 Å². The lowest BCUT2D eigenvalue weighted by Gasteiger charge is -2.40. The van der Waals surface area contributed by atoms with E-state index < -0.39 is 0 Å². The number of rotatable bonds is 5. The van der Waals surface area contributed by atoms with Gasteiger partial charge in [0.15, 0.2) is 0 Å². The minimum atomic E-state index is 0.702. The zero-order chi connectivity index (χ0) is 13.0. The molecule has 0 aromatic rings. The van der Waals surface area contributed by atoms with Gasteiger partial charge in [0.2, 0.25) is 0 Å². The lowest BCUT2D eigenvalue weighted by molar-refractivity contribution is 0.119. The van der Waals surface area contributed by atoms with Gasteiger partial charge in [0, 0.05) is 25.2 Å². The Kier molecular flexibility index (Phi) is 5.50. The van der Waals surface area contributed by atoms with Crippen molar-refractivity contribution in [2.24, 2.45) is 11.8 Å². The van der Waals surface area contributed by atoms with Crippen molar-refractivity contribution < 1.29 is 0 Å². The number of piperazine rings is 1. The van der Waals surface area contributed by atoms with Gasteiger partial charge in [0.1, 0.15) is 0 Å². The second kappa shape index (κ2) is 6.91. The summed E-state index contributed by atoms with van der Waals surface area (Å²) in [5.41, 5.74) is 0. The van der Waals surface area contributed by atoms with Crippen molar-refractivity contribution in [3.63, 3.8) is 0 Å². The van der Waals surface area contributed by atoms with E-state index in [1.165, 1.54) is 58.2 Å². The smallest absolute Gasteiger partial charge is 0.0218 e. The van der Waals surface area contributed by atoms with Crippen LogP contribution in [-0.4, -0.2) is 36.6 Å². The maximum Gasteiger partial charge on any atom is 0.0218 e. The van der Waals surface area contributed by atoms with Crippen LogP contribution in [0.25, 0.3) is 0 Å². The lowest BCUT2D eigenvalue weighted by Crippen LogP contribution is -2.57. The van der Waals surface area contributed by atoms with Crippen LogP contribution in [0.2, 0.25) is 0 Å². The molecule has 0 spiro atoms. The minimum absolute atomic E-state index is 0.702. The highest BCUT2D eigenvalue weighted by Crippen LogP contribution is 2.28. The Morgan fingerprint density at radius 3 is 2.61 bits per heavy atom. The van der Waals surface area contributed by atoms with Crippen molar-refractivity contribution in [2.75, 3.05) is 19.6 Å². The third-order valence-electron chi connectivity index (χ3n) is 5.07. The van der Waals surface area contributed by atoms with Gasteiger partial charge in [0.05, 0.1) is 0 Å². The molecular formula is C16H32N2. The molecule has 2 rings (SSSR count). The summed E-state index contributed by atoms with van der Waals surface area (Å²) in [4.78, 5) is 2.72. The number of nitrogens with zero attached hydrogens (tertiary/aromatic N) is 1. The molecule has 1 aliphatic carbocycles. The summed E-state index contributed by atoms with van der Waals surface area (Å²) in [5, 5.41) is 3.69. The highest BCUT2D eigenvalue weighted by molar-refractivity contribution is 4.85. The molecule has 1 heterocycles. The van der Waals surface area contributed by atoms with E-state index >= 15 is 0 Å². The zero-order valence-electron chi connectivity index (χ0n) is 12.6. The molecule has 1 saturated heterocycles. The Morgan fingerprint density at radius 1 is 1.22 bits per heavy atom. The van der Waals surface area contributed by atoms with Crippen LogP contribution in [0, 0.1) is 11.8 Å². The molecule has 2 aliphatic rings. The molecular weight excluding hydrogens is 220 g/mol. The van der Waals surface area contributed by atoms with E-state index in [1.54, 1.807) is 0 Å². The van der Waals surface area contributed by atoms with Gasteiger partial charge in [-0.2, -0.15) is 0 Å². The van der Waals surface area contributed by atoms with Gasteiger partial charge in [-0.3, -0.25) is 4.90 Å².